The van der Waals surface area contributed by atoms with Gasteiger partial charge in [0.15, 0.2) is 0 Å². The first kappa shape index (κ1) is 16.9. The molecular weight excluding hydrogens is 305 g/mol. The molecule has 4 nitrogen and oxygen atoms in total. The number of hydrogen-bond acceptors (Lipinski definition) is 4. The standard InChI is InChI=1S/C19H24FN3O/c1-12-6-15(7-13(2)22-12)19-16(10-21)8-17(9-18(19)20)23-4-5-24-14(3)11-23/h6-9,14H,4-5,10-11,21H2,1-3H3. The van der Waals surface area contributed by atoms with Crippen molar-refractivity contribution in [2.75, 3.05) is 24.6 Å². The Bertz CT molecular complexity index is 727. The van der Waals surface area contributed by atoms with Gasteiger partial charge in [-0.25, -0.2) is 4.39 Å². The molecule has 2 N–H and O–H groups in total. The molecule has 2 heterocycles. The summed E-state index contributed by atoms with van der Waals surface area (Å²) < 4.78 is 20.5. The Labute approximate surface area is 142 Å². The van der Waals surface area contributed by atoms with E-state index in [-0.39, 0.29) is 11.9 Å². The van der Waals surface area contributed by atoms with E-state index in [9.17, 15) is 4.39 Å². The predicted octanol–water partition coefficient (Wildman–Crippen LogP) is 3.19. The van der Waals surface area contributed by atoms with Gasteiger partial charge in [0.1, 0.15) is 5.82 Å². The van der Waals surface area contributed by atoms with Gasteiger partial charge in [0.05, 0.1) is 12.7 Å². The van der Waals surface area contributed by atoms with Crippen LogP contribution in [-0.4, -0.2) is 30.8 Å². The number of ether oxygens (including phenoxy) is 1. The summed E-state index contributed by atoms with van der Waals surface area (Å²) in [6.45, 7) is 8.34. The Hall–Kier alpha value is -1.98. The van der Waals surface area contributed by atoms with E-state index in [2.05, 4.69) is 9.88 Å². The summed E-state index contributed by atoms with van der Waals surface area (Å²) >= 11 is 0. The first-order valence-electron chi connectivity index (χ1n) is 8.32. The number of anilines is 1. The largest absolute Gasteiger partial charge is 0.375 e. The highest BCUT2D eigenvalue weighted by Crippen LogP contribution is 2.32. The van der Waals surface area contributed by atoms with Crippen LogP contribution >= 0.6 is 0 Å². The zero-order chi connectivity index (χ0) is 17.3. The van der Waals surface area contributed by atoms with Crippen LogP contribution in [0.25, 0.3) is 11.1 Å². The number of halogens is 1. The summed E-state index contributed by atoms with van der Waals surface area (Å²) in [7, 11) is 0. The number of rotatable bonds is 3. The SMILES string of the molecule is Cc1cc(-c2c(F)cc(N3CCOC(C)C3)cc2CN)cc(C)n1. The zero-order valence-corrected chi connectivity index (χ0v) is 14.5. The molecule has 0 radical (unpaired) electrons. The molecule has 0 saturated carbocycles. The third-order valence-electron chi connectivity index (χ3n) is 4.35. The number of benzene rings is 1. The number of aromatic nitrogens is 1. The average molecular weight is 329 g/mol. The minimum Gasteiger partial charge on any atom is -0.375 e. The Morgan fingerprint density at radius 2 is 1.96 bits per heavy atom. The highest BCUT2D eigenvalue weighted by atomic mass is 19.1. The van der Waals surface area contributed by atoms with Gasteiger partial charge in [-0.3, -0.25) is 4.98 Å². The second-order valence-corrected chi connectivity index (χ2v) is 6.43. The molecule has 3 rings (SSSR count). The lowest BCUT2D eigenvalue weighted by atomic mass is 9.97. The minimum atomic E-state index is -0.239. The van der Waals surface area contributed by atoms with Crippen LogP contribution in [-0.2, 0) is 11.3 Å². The van der Waals surface area contributed by atoms with Crippen LogP contribution in [0, 0.1) is 19.7 Å². The topological polar surface area (TPSA) is 51.4 Å². The molecule has 1 aromatic carbocycles. The van der Waals surface area contributed by atoms with E-state index in [1.54, 1.807) is 6.07 Å². The van der Waals surface area contributed by atoms with Crippen LogP contribution in [0.15, 0.2) is 24.3 Å². The summed E-state index contributed by atoms with van der Waals surface area (Å²) in [5.74, 6) is -0.239. The summed E-state index contributed by atoms with van der Waals surface area (Å²) in [6, 6.07) is 7.42. The van der Waals surface area contributed by atoms with E-state index in [4.69, 9.17) is 10.5 Å². The van der Waals surface area contributed by atoms with Crippen molar-refractivity contribution in [3.8, 4) is 11.1 Å². The number of aryl methyl sites for hydroxylation is 2. The first-order chi connectivity index (χ1) is 11.5. The van der Waals surface area contributed by atoms with Gasteiger partial charge in [0.2, 0.25) is 0 Å². The van der Waals surface area contributed by atoms with Crippen molar-refractivity contribution in [3.05, 3.63) is 47.0 Å². The zero-order valence-electron chi connectivity index (χ0n) is 14.5. The predicted molar refractivity (Wildman–Crippen MR) is 94.6 cm³/mol. The Morgan fingerprint density at radius 1 is 1.25 bits per heavy atom. The molecule has 0 aliphatic carbocycles. The minimum absolute atomic E-state index is 0.147. The van der Waals surface area contributed by atoms with Crippen LogP contribution < -0.4 is 10.6 Å². The van der Waals surface area contributed by atoms with Gasteiger partial charge in [-0.05, 0) is 56.2 Å². The molecular formula is C19H24FN3O. The third kappa shape index (κ3) is 3.42. The Kier molecular flexibility index (Phi) is 4.83. The van der Waals surface area contributed by atoms with Crippen LogP contribution in [0.5, 0.6) is 0 Å². The van der Waals surface area contributed by atoms with Gasteiger partial charge < -0.3 is 15.4 Å². The molecule has 1 aromatic heterocycles. The molecule has 1 saturated heterocycles. The monoisotopic (exact) mass is 329 g/mol. The van der Waals surface area contributed by atoms with E-state index < -0.39 is 0 Å². The summed E-state index contributed by atoms with van der Waals surface area (Å²) in [5.41, 5.74) is 10.8. The van der Waals surface area contributed by atoms with Gasteiger partial charge in [0, 0.05) is 42.3 Å². The Morgan fingerprint density at radius 3 is 2.58 bits per heavy atom. The van der Waals surface area contributed by atoms with Gasteiger partial charge in [0.25, 0.3) is 0 Å². The molecule has 0 amide bonds. The normalized spacial score (nSPS) is 18.0. The lowest BCUT2D eigenvalue weighted by Gasteiger charge is -2.33. The van der Waals surface area contributed by atoms with E-state index >= 15 is 0 Å². The molecule has 128 valence electrons. The van der Waals surface area contributed by atoms with Gasteiger partial charge in [-0.15, -0.1) is 0 Å². The fourth-order valence-corrected chi connectivity index (χ4v) is 3.35. The first-order valence-corrected chi connectivity index (χ1v) is 8.32. The number of nitrogens with two attached hydrogens (primary N) is 1. The number of hydrogen-bond donors (Lipinski definition) is 1. The van der Waals surface area contributed by atoms with Crippen molar-refractivity contribution < 1.29 is 9.13 Å². The molecule has 1 unspecified atom stereocenters. The van der Waals surface area contributed by atoms with Crippen molar-refractivity contribution in [1.82, 2.24) is 4.98 Å². The van der Waals surface area contributed by atoms with Crippen molar-refractivity contribution in [1.29, 1.82) is 0 Å². The van der Waals surface area contributed by atoms with Crippen molar-refractivity contribution in [2.45, 2.75) is 33.4 Å². The van der Waals surface area contributed by atoms with Crippen molar-refractivity contribution in [2.24, 2.45) is 5.73 Å². The van der Waals surface area contributed by atoms with E-state index in [1.165, 1.54) is 0 Å². The average Bonchev–Trinajstić information content (AvgIpc) is 2.53. The maximum Gasteiger partial charge on any atom is 0.133 e. The molecule has 24 heavy (non-hydrogen) atoms. The number of pyridine rings is 1. The lowest BCUT2D eigenvalue weighted by molar-refractivity contribution is 0.0532. The highest BCUT2D eigenvalue weighted by molar-refractivity contribution is 5.72. The maximum atomic E-state index is 15.0. The van der Waals surface area contributed by atoms with E-state index in [1.807, 2.05) is 39.0 Å². The van der Waals surface area contributed by atoms with E-state index in [0.29, 0.717) is 18.7 Å². The number of nitrogens with zero attached hydrogens (tertiary/aromatic N) is 2. The quantitative estimate of drug-likeness (QED) is 0.939. The Balaban J connectivity index is 2.05. The number of morpholine rings is 1. The molecule has 0 bridgehead atoms. The highest BCUT2D eigenvalue weighted by Gasteiger charge is 2.20. The third-order valence-corrected chi connectivity index (χ3v) is 4.35. The second kappa shape index (κ2) is 6.87. The fraction of sp³-hybridized carbons (Fsp3) is 0.421. The summed E-state index contributed by atoms with van der Waals surface area (Å²) in [4.78, 5) is 6.52. The summed E-state index contributed by atoms with van der Waals surface area (Å²) in [5, 5.41) is 0. The molecule has 1 fully saturated rings. The van der Waals surface area contributed by atoms with Crippen LogP contribution in [0.3, 0.4) is 0 Å². The second-order valence-electron chi connectivity index (χ2n) is 6.43. The van der Waals surface area contributed by atoms with Crippen molar-refractivity contribution >= 4 is 5.69 Å². The molecule has 1 atom stereocenters. The van der Waals surface area contributed by atoms with E-state index in [0.717, 1.165) is 41.3 Å². The molecule has 5 heteroatoms. The van der Waals surface area contributed by atoms with Crippen LogP contribution in [0.2, 0.25) is 0 Å². The summed E-state index contributed by atoms with van der Waals surface area (Å²) in [6.07, 6.45) is 0.147. The molecule has 2 aromatic rings. The maximum absolute atomic E-state index is 15.0. The smallest absolute Gasteiger partial charge is 0.133 e. The van der Waals surface area contributed by atoms with Gasteiger partial charge in [-0.2, -0.15) is 0 Å². The fourth-order valence-electron chi connectivity index (χ4n) is 3.35. The lowest BCUT2D eigenvalue weighted by Crippen LogP contribution is -2.41. The van der Waals surface area contributed by atoms with Crippen LogP contribution in [0.4, 0.5) is 10.1 Å². The van der Waals surface area contributed by atoms with Crippen LogP contribution in [0.1, 0.15) is 23.9 Å². The van der Waals surface area contributed by atoms with Gasteiger partial charge in [-0.1, -0.05) is 0 Å². The van der Waals surface area contributed by atoms with Crippen molar-refractivity contribution in [3.63, 3.8) is 0 Å². The molecule has 1 aliphatic rings. The molecule has 0 spiro atoms. The molecule has 1 aliphatic heterocycles. The van der Waals surface area contributed by atoms with Gasteiger partial charge >= 0.3 is 0 Å².